The third-order valence-electron chi connectivity index (χ3n) is 15.4. The first-order valence-electron chi connectivity index (χ1n) is 23.7. The van der Waals surface area contributed by atoms with E-state index < -0.39 is 0 Å². The molecular formula is C64H38BN3. The first-order valence-corrected chi connectivity index (χ1v) is 23.7. The normalized spacial score (nSPS) is 12.9. The van der Waals surface area contributed by atoms with Gasteiger partial charge in [0.1, 0.15) is 0 Å². The zero-order chi connectivity index (χ0) is 44.2. The zero-order valence-electron chi connectivity index (χ0n) is 36.9. The van der Waals surface area contributed by atoms with Crippen molar-refractivity contribution in [3.05, 3.63) is 231 Å². The molecule has 16 rings (SSSR count). The summed E-state index contributed by atoms with van der Waals surface area (Å²) in [6.45, 7) is 0.00386. The van der Waals surface area contributed by atoms with E-state index in [0.717, 1.165) is 11.4 Å². The maximum absolute atomic E-state index is 2.65. The van der Waals surface area contributed by atoms with Gasteiger partial charge in [-0.05, 0) is 132 Å². The van der Waals surface area contributed by atoms with Crippen LogP contribution in [0, 0.1) is 0 Å². The van der Waals surface area contributed by atoms with Crippen LogP contribution in [-0.2, 0) is 0 Å². The molecule has 0 atom stereocenters. The van der Waals surface area contributed by atoms with Crippen molar-refractivity contribution >= 4 is 94.5 Å². The van der Waals surface area contributed by atoms with Gasteiger partial charge in [0.05, 0.1) is 27.8 Å². The van der Waals surface area contributed by atoms with Crippen molar-refractivity contribution in [3.8, 4) is 55.9 Å². The lowest BCUT2D eigenvalue weighted by molar-refractivity contribution is 1.13. The summed E-state index contributed by atoms with van der Waals surface area (Å²) in [7, 11) is 0. The van der Waals surface area contributed by atoms with Gasteiger partial charge in [0.15, 0.2) is 0 Å². The Morgan fingerprint density at radius 1 is 0.309 bits per heavy atom. The summed E-state index contributed by atoms with van der Waals surface area (Å²) < 4.78 is 5.18. The molecule has 2 aliphatic heterocycles. The van der Waals surface area contributed by atoms with Crippen LogP contribution in [0.3, 0.4) is 0 Å². The average Bonchev–Trinajstić information content (AvgIpc) is 3.89. The molecule has 3 nitrogen and oxygen atoms in total. The summed E-state index contributed by atoms with van der Waals surface area (Å²) in [5, 5.41) is 7.78. The van der Waals surface area contributed by atoms with Crippen molar-refractivity contribution in [3.63, 3.8) is 0 Å². The highest BCUT2D eigenvalue weighted by Gasteiger charge is 2.43. The Morgan fingerprint density at radius 3 is 1.57 bits per heavy atom. The molecule has 0 unspecified atom stereocenters. The number of aromatic nitrogens is 2. The SMILES string of the molecule is c1ccc(-c2ccc3c(c2)c2cc(-c4ccccc4)ccc2n3-c2cc3c4c(c2)-n2c5cccc6c5c5c7c(cccc7cc(c52)B4c2ccccc2N3c2ccccc2)-c2ccccc2-6)cc1. The Labute approximate surface area is 393 Å². The van der Waals surface area contributed by atoms with Crippen LogP contribution in [0.1, 0.15) is 0 Å². The highest BCUT2D eigenvalue weighted by Crippen LogP contribution is 2.51. The lowest BCUT2D eigenvalue weighted by Crippen LogP contribution is -2.60. The monoisotopic (exact) mass is 859 g/mol. The fraction of sp³-hybridized carbons (Fsp3) is 0. The standard InChI is InChI=1S/C64H38BN3/c1-4-16-39(17-5-1)41-30-32-54-50(34-41)51-35-42(40-18-6-2-7-19-40)31-33-55(51)67(54)45-37-58-63-59(38-45)68-57-29-15-26-49-47-24-11-10-23-46(47)48-25-14-20-43-36-53(64(68)62(60(43)48)61(49)57)65(63)52-27-12-13-28-56(52)66(58)44-21-8-3-9-22-44/h1-38H. The number of nitrogens with zero attached hydrogens (tertiary/aromatic N) is 3. The van der Waals surface area contributed by atoms with Crippen molar-refractivity contribution in [1.29, 1.82) is 0 Å². The number of anilines is 3. The summed E-state index contributed by atoms with van der Waals surface area (Å²) in [6.07, 6.45) is 0. The fourth-order valence-electron chi connectivity index (χ4n) is 12.7. The minimum atomic E-state index is 0.00386. The molecule has 3 aliphatic rings. The zero-order valence-corrected chi connectivity index (χ0v) is 36.9. The molecule has 0 saturated heterocycles. The van der Waals surface area contributed by atoms with Crippen LogP contribution in [0.5, 0.6) is 0 Å². The van der Waals surface area contributed by atoms with E-state index >= 15 is 0 Å². The summed E-state index contributed by atoms with van der Waals surface area (Å²) in [6, 6.07) is 86.3. The topological polar surface area (TPSA) is 13.1 Å². The predicted octanol–water partition coefficient (Wildman–Crippen LogP) is 14.6. The number of para-hydroxylation sites is 2. The Balaban J connectivity index is 1.08. The van der Waals surface area contributed by atoms with Crippen LogP contribution in [0.25, 0.3) is 110 Å². The lowest BCUT2D eigenvalue weighted by atomic mass is 9.33. The van der Waals surface area contributed by atoms with E-state index in [4.69, 9.17) is 0 Å². The third-order valence-corrected chi connectivity index (χ3v) is 15.4. The van der Waals surface area contributed by atoms with Crippen LogP contribution >= 0.6 is 0 Å². The summed E-state index contributed by atoms with van der Waals surface area (Å²) in [5.41, 5.74) is 24.9. The maximum atomic E-state index is 2.65. The molecule has 68 heavy (non-hydrogen) atoms. The molecule has 0 bridgehead atoms. The Bertz CT molecular complexity index is 4220. The molecule has 0 spiro atoms. The summed E-state index contributed by atoms with van der Waals surface area (Å²) >= 11 is 0. The molecule has 11 aromatic carbocycles. The summed E-state index contributed by atoms with van der Waals surface area (Å²) in [5.74, 6) is 0. The van der Waals surface area contributed by atoms with E-state index in [9.17, 15) is 0 Å². The second-order valence-corrected chi connectivity index (χ2v) is 18.8. The van der Waals surface area contributed by atoms with Gasteiger partial charge in [-0.1, -0.05) is 170 Å². The van der Waals surface area contributed by atoms with E-state index in [-0.39, 0.29) is 6.71 Å². The molecule has 13 aromatic rings. The molecule has 0 amide bonds. The fourth-order valence-corrected chi connectivity index (χ4v) is 12.7. The molecule has 0 fully saturated rings. The van der Waals surface area contributed by atoms with E-state index in [1.54, 1.807) is 0 Å². The van der Waals surface area contributed by atoms with E-state index in [1.165, 1.54) is 132 Å². The van der Waals surface area contributed by atoms with Gasteiger partial charge in [-0.2, -0.15) is 0 Å². The van der Waals surface area contributed by atoms with Crippen LogP contribution in [-0.4, -0.2) is 15.8 Å². The third kappa shape index (κ3) is 4.73. The van der Waals surface area contributed by atoms with E-state index in [0.29, 0.717) is 0 Å². The molecule has 312 valence electrons. The van der Waals surface area contributed by atoms with Crippen LogP contribution in [0.15, 0.2) is 231 Å². The van der Waals surface area contributed by atoms with Gasteiger partial charge >= 0.3 is 0 Å². The molecule has 0 radical (unpaired) electrons. The number of fused-ring (bicyclic) bond motifs is 11. The summed E-state index contributed by atoms with van der Waals surface area (Å²) in [4.78, 5) is 2.53. The van der Waals surface area contributed by atoms with Gasteiger partial charge in [0.2, 0.25) is 0 Å². The molecule has 0 N–H and O–H groups in total. The maximum Gasteiger partial charge on any atom is 0.252 e. The smallest absolute Gasteiger partial charge is 0.252 e. The minimum absolute atomic E-state index is 0.00386. The van der Waals surface area contributed by atoms with Gasteiger partial charge in [-0.25, -0.2) is 0 Å². The highest BCUT2D eigenvalue weighted by molar-refractivity contribution is 7.00. The van der Waals surface area contributed by atoms with Gasteiger partial charge in [0.25, 0.3) is 6.71 Å². The van der Waals surface area contributed by atoms with E-state index in [2.05, 4.69) is 245 Å². The average molecular weight is 860 g/mol. The van der Waals surface area contributed by atoms with Crippen molar-refractivity contribution in [2.75, 3.05) is 4.90 Å². The molecule has 1 aliphatic carbocycles. The van der Waals surface area contributed by atoms with Crippen molar-refractivity contribution in [1.82, 2.24) is 9.13 Å². The molecule has 4 heteroatoms. The Kier molecular flexibility index (Phi) is 7.15. The Hall–Kier alpha value is -8.86. The number of rotatable bonds is 4. The number of hydrogen-bond acceptors (Lipinski definition) is 1. The molecular weight excluding hydrogens is 822 g/mol. The van der Waals surface area contributed by atoms with Crippen LogP contribution < -0.4 is 21.3 Å². The first-order chi connectivity index (χ1) is 33.8. The van der Waals surface area contributed by atoms with E-state index in [1.807, 2.05) is 0 Å². The van der Waals surface area contributed by atoms with Crippen LogP contribution in [0.4, 0.5) is 17.1 Å². The molecule has 4 heterocycles. The second-order valence-electron chi connectivity index (χ2n) is 18.8. The van der Waals surface area contributed by atoms with Gasteiger partial charge in [0, 0.05) is 44.3 Å². The predicted molar refractivity (Wildman–Crippen MR) is 287 cm³/mol. The first kappa shape index (κ1) is 36.4. The van der Waals surface area contributed by atoms with Gasteiger partial charge in [-0.3, -0.25) is 0 Å². The van der Waals surface area contributed by atoms with Crippen LogP contribution in [0.2, 0.25) is 0 Å². The highest BCUT2D eigenvalue weighted by atomic mass is 15.2. The van der Waals surface area contributed by atoms with Crippen molar-refractivity contribution < 1.29 is 0 Å². The molecule has 0 saturated carbocycles. The number of hydrogen-bond donors (Lipinski definition) is 0. The van der Waals surface area contributed by atoms with Gasteiger partial charge in [-0.15, -0.1) is 0 Å². The molecule has 2 aromatic heterocycles. The number of benzene rings is 11. The largest absolute Gasteiger partial charge is 0.311 e. The minimum Gasteiger partial charge on any atom is -0.311 e. The van der Waals surface area contributed by atoms with Crippen molar-refractivity contribution in [2.45, 2.75) is 0 Å². The quantitative estimate of drug-likeness (QED) is 0.161. The van der Waals surface area contributed by atoms with Crippen molar-refractivity contribution in [2.24, 2.45) is 0 Å². The van der Waals surface area contributed by atoms with Gasteiger partial charge < -0.3 is 14.0 Å². The lowest BCUT2D eigenvalue weighted by Gasteiger charge is -2.40. The second kappa shape index (κ2) is 13.4. The Morgan fingerprint density at radius 2 is 0.882 bits per heavy atom.